The highest BCUT2D eigenvalue weighted by Crippen LogP contribution is 2.21. The van der Waals surface area contributed by atoms with E-state index in [1.165, 1.54) is 4.90 Å². The Morgan fingerprint density at radius 3 is 2.67 bits per heavy atom. The van der Waals surface area contributed by atoms with Gasteiger partial charge in [0, 0.05) is 6.54 Å². The molecule has 0 spiro atoms. The van der Waals surface area contributed by atoms with Gasteiger partial charge in [-0.3, -0.25) is 14.9 Å². The maximum Gasteiger partial charge on any atom is 0.326 e. The van der Waals surface area contributed by atoms with E-state index in [1.54, 1.807) is 0 Å². The van der Waals surface area contributed by atoms with E-state index in [4.69, 9.17) is 5.73 Å². The molecule has 2 aliphatic rings. The number of aliphatic carboxylic acids is 2. The van der Waals surface area contributed by atoms with E-state index in [0.29, 0.717) is 51.6 Å². The fourth-order valence-corrected chi connectivity index (χ4v) is 3.88. The molecule has 8 heteroatoms. The Labute approximate surface area is 177 Å². The van der Waals surface area contributed by atoms with E-state index in [0.717, 1.165) is 18.4 Å². The van der Waals surface area contributed by atoms with Crippen molar-refractivity contribution in [1.82, 2.24) is 10.2 Å². The van der Waals surface area contributed by atoms with E-state index >= 15 is 0 Å². The molecule has 0 aromatic carbocycles. The van der Waals surface area contributed by atoms with Crippen molar-refractivity contribution in [1.29, 1.82) is 0 Å². The number of carboxylic acids is 2. The third-order valence-electron chi connectivity index (χ3n) is 5.54. The van der Waals surface area contributed by atoms with Crippen molar-refractivity contribution in [3.63, 3.8) is 0 Å². The molecule has 2 rings (SSSR count). The van der Waals surface area contributed by atoms with Gasteiger partial charge in [0.15, 0.2) is 0 Å². The van der Waals surface area contributed by atoms with Crippen molar-refractivity contribution in [2.45, 2.75) is 69.5 Å². The second-order valence-corrected chi connectivity index (χ2v) is 7.77. The summed E-state index contributed by atoms with van der Waals surface area (Å²) < 4.78 is 0. The first-order valence-corrected chi connectivity index (χ1v) is 10.7. The van der Waals surface area contributed by atoms with Crippen molar-refractivity contribution >= 4 is 17.8 Å². The number of unbranched alkanes of at least 4 members (excludes halogenated alkanes) is 1. The quantitative estimate of drug-likeness (QED) is 0.355. The standard InChI is InChI=1S/C22H33N3O5/c23-14-6-5-10-17(20(26)25-15-7-11-19(25)22(29)30)24-18(21(27)28)13-12-16-8-3-1-2-4-9-16/h1,3-4,8-9,17-19,24H,2,5-7,10-15,23H2,(H,27,28)(H,29,30). The van der Waals surface area contributed by atoms with Crippen LogP contribution in [-0.4, -0.2) is 64.2 Å². The number of likely N-dealkylation sites (tertiary alicyclic amines) is 1. The molecule has 5 N–H and O–H groups in total. The maximum atomic E-state index is 13.1. The second-order valence-electron chi connectivity index (χ2n) is 7.77. The number of rotatable bonds is 12. The zero-order chi connectivity index (χ0) is 21.9. The van der Waals surface area contributed by atoms with E-state index in [1.807, 2.05) is 30.4 Å². The average molecular weight is 420 g/mol. The Morgan fingerprint density at radius 1 is 1.17 bits per heavy atom. The maximum absolute atomic E-state index is 13.1. The van der Waals surface area contributed by atoms with E-state index in [2.05, 4.69) is 5.32 Å². The summed E-state index contributed by atoms with van der Waals surface area (Å²) in [6.07, 6.45) is 14.6. The summed E-state index contributed by atoms with van der Waals surface area (Å²) >= 11 is 0. The zero-order valence-electron chi connectivity index (χ0n) is 17.3. The predicted octanol–water partition coefficient (Wildman–Crippen LogP) is 1.83. The highest BCUT2D eigenvalue weighted by Gasteiger charge is 2.38. The van der Waals surface area contributed by atoms with Crippen LogP contribution in [0.1, 0.15) is 51.4 Å². The number of allylic oxidation sites excluding steroid dienone is 6. The van der Waals surface area contributed by atoms with Crippen LogP contribution in [0, 0.1) is 0 Å². The number of carbonyl (C=O) groups is 3. The van der Waals surface area contributed by atoms with Gasteiger partial charge in [0.05, 0.1) is 6.04 Å². The van der Waals surface area contributed by atoms with Crippen LogP contribution >= 0.6 is 0 Å². The van der Waals surface area contributed by atoms with Crippen molar-refractivity contribution in [2.75, 3.05) is 13.1 Å². The summed E-state index contributed by atoms with van der Waals surface area (Å²) in [6.45, 7) is 0.866. The highest BCUT2D eigenvalue weighted by molar-refractivity contribution is 5.88. The number of nitrogens with one attached hydrogen (secondary N) is 1. The van der Waals surface area contributed by atoms with Crippen molar-refractivity contribution in [3.05, 3.63) is 36.0 Å². The molecule has 0 aromatic rings. The average Bonchev–Trinajstić information content (AvgIpc) is 3.07. The summed E-state index contributed by atoms with van der Waals surface area (Å²) in [5.41, 5.74) is 6.60. The monoisotopic (exact) mass is 419 g/mol. The number of hydrogen-bond acceptors (Lipinski definition) is 5. The first kappa shape index (κ1) is 23.8. The SMILES string of the molecule is NCCCCC(NC(CCC1=CC=CCC=C1)C(=O)O)C(=O)N1CCCC1C(=O)O. The minimum Gasteiger partial charge on any atom is -0.480 e. The fourth-order valence-electron chi connectivity index (χ4n) is 3.88. The second kappa shape index (κ2) is 12.3. The molecular weight excluding hydrogens is 386 g/mol. The molecule has 1 aliphatic carbocycles. The van der Waals surface area contributed by atoms with Crippen LogP contribution in [0.2, 0.25) is 0 Å². The summed E-state index contributed by atoms with van der Waals surface area (Å²) in [6, 6.07) is -2.48. The van der Waals surface area contributed by atoms with Gasteiger partial charge in [-0.1, -0.05) is 36.8 Å². The minimum absolute atomic E-state index is 0.334. The molecule has 3 unspecified atom stereocenters. The number of carbonyl (C=O) groups excluding carboxylic acids is 1. The van der Waals surface area contributed by atoms with Gasteiger partial charge in [0.2, 0.25) is 5.91 Å². The smallest absolute Gasteiger partial charge is 0.326 e. The molecule has 166 valence electrons. The lowest BCUT2D eigenvalue weighted by Crippen LogP contribution is -2.54. The topological polar surface area (TPSA) is 133 Å². The summed E-state index contributed by atoms with van der Waals surface area (Å²) in [4.78, 5) is 37.8. The molecular formula is C22H33N3O5. The first-order chi connectivity index (χ1) is 14.4. The van der Waals surface area contributed by atoms with E-state index in [-0.39, 0.29) is 5.91 Å². The van der Waals surface area contributed by atoms with Gasteiger partial charge in [-0.2, -0.15) is 0 Å². The van der Waals surface area contributed by atoms with Crippen LogP contribution in [0.4, 0.5) is 0 Å². The molecule has 0 bridgehead atoms. The molecule has 0 aromatic heterocycles. The van der Waals surface area contributed by atoms with Crippen molar-refractivity contribution in [2.24, 2.45) is 5.73 Å². The van der Waals surface area contributed by atoms with E-state index in [9.17, 15) is 24.6 Å². The molecule has 1 heterocycles. The molecule has 0 radical (unpaired) electrons. The largest absolute Gasteiger partial charge is 0.480 e. The Kier molecular flexibility index (Phi) is 9.76. The number of nitrogens with zero attached hydrogens (tertiary/aromatic N) is 1. The number of carboxylic acid groups (broad SMARTS) is 2. The zero-order valence-corrected chi connectivity index (χ0v) is 17.3. The summed E-state index contributed by atoms with van der Waals surface area (Å²) in [7, 11) is 0. The van der Waals surface area contributed by atoms with Crippen LogP contribution in [0.25, 0.3) is 0 Å². The first-order valence-electron chi connectivity index (χ1n) is 10.7. The van der Waals surface area contributed by atoms with Crippen molar-refractivity contribution < 1.29 is 24.6 Å². The molecule has 3 atom stereocenters. The predicted molar refractivity (Wildman–Crippen MR) is 114 cm³/mol. The van der Waals surface area contributed by atoms with Gasteiger partial charge >= 0.3 is 11.9 Å². The van der Waals surface area contributed by atoms with Crippen molar-refractivity contribution in [3.8, 4) is 0 Å². The van der Waals surface area contributed by atoms with Gasteiger partial charge in [-0.15, -0.1) is 0 Å². The lowest BCUT2D eigenvalue weighted by molar-refractivity contribution is -0.149. The molecule has 1 saturated heterocycles. The van der Waals surface area contributed by atoms with Crippen LogP contribution in [0.3, 0.4) is 0 Å². The fraction of sp³-hybridized carbons (Fsp3) is 0.591. The van der Waals surface area contributed by atoms with Gasteiger partial charge in [0.25, 0.3) is 0 Å². The Hall–Kier alpha value is -2.45. The lowest BCUT2D eigenvalue weighted by atomic mass is 10.0. The third-order valence-corrected chi connectivity index (χ3v) is 5.54. The van der Waals surface area contributed by atoms with E-state index < -0.39 is 30.1 Å². The number of hydrogen-bond donors (Lipinski definition) is 4. The van der Waals surface area contributed by atoms with Crippen LogP contribution in [0.15, 0.2) is 36.0 Å². The third kappa shape index (κ3) is 7.11. The molecule has 0 saturated carbocycles. The highest BCUT2D eigenvalue weighted by atomic mass is 16.4. The Bertz CT molecular complexity index is 701. The summed E-state index contributed by atoms with van der Waals surface area (Å²) in [5, 5.41) is 22.1. The van der Waals surface area contributed by atoms with Crippen LogP contribution < -0.4 is 11.1 Å². The molecule has 30 heavy (non-hydrogen) atoms. The molecule has 1 amide bonds. The lowest BCUT2D eigenvalue weighted by Gasteiger charge is -2.29. The summed E-state index contributed by atoms with van der Waals surface area (Å²) in [5.74, 6) is -2.37. The molecule has 8 nitrogen and oxygen atoms in total. The molecule has 1 aliphatic heterocycles. The van der Waals surface area contributed by atoms with Crippen LogP contribution in [-0.2, 0) is 14.4 Å². The Balaban J connectivity index is 2.08. The molecule has 1 fully saturated rings. The minimum atomic E-state index is -1.02. The van der Waals surface area contributed by atoms with Crippen LogP contribution in [0.5, 0.6) is 0 Å². The van der Waals surface area contributed by atoms with Gasteiger partial charge < -0.3 is 20.8 Å². The number of nitrogens with two attached hydrogens (primary N) is 1. The van der Waals surface area contributed by atoms with Gasteiger partial charge in [-0.05, 0) is 57.1 Å². The Morgan fingerprint density at radius 2 is 1.97 bits per heavy atom. The normalized spacial score (nSPS) is 20.5. The van der Waals surface area contributed by atoms with Gasteiger partial charge in [-0.25, -0.2) is 4.79 Å². The van der Waals surface area contributed by atoms with Gasteiger partial charge in [0.1, 0.15) is 12.1 Å². The number of amides is 1.